The van der Waals surface area contributed by atoms with Gasteiger partial charge in [0.25, 0.3) is 0 Å². The van der Waals surface area contributed by atoms with Crippen LogP contribution in [-0.2, 0) is 4.79 Å². The lowest BCUT2D eigenvalue weighted by atomic mass is 10.2. The Morgan fingerprint density at radius 3 is 1.65 bits per heavy atom. The van der Waals surface area contributed by atoms with Crippen molar-refractivity contribution in [1.82, 2.24) is 4.90 Å². The van der Waals surface area contributed by atoms with Crippen LogP contribution in [-0.4, -0.2) is 62.3 Å². The van der Waals surface area contributed by atoms with Gasteiger partial charge in [0, 0.05) is 60.6 Å². The van der Waals surface area contributed by atoms with Gasteiger partial charge in [0.2, 0.25) is 5.91 Å². The summed E-state index contributed by atoms with van der Waals surface area (Å²) in [4.78, 5) is 28.2. The average molecular weight is 466 g/mol. The molecule has 0 aliphatic heterocycles. The van der Waals surface area contributed by atoms with Gasteiger partial charge in [-0.15, -0.1) is 23.2 Å². The molecule has 2 aromatic carbocycles. The van der Waals surface area contributed by atoms with Crippen molar-refractivity contribution >= 4 is 57.9 Å². The van der Waals surface area contributed by atoms with Crippen LogP contribution in [0.15, 0.2) is 48.5 Å². The van der Waals surface area contributed by atoms with Crippen LogP contribution in [0.25, 0.3) is 0 Å². The highest BCUT2D eigenvalue weighted by Crippen LogP contribution is 2.19. The van der Waals surface area contributed by atoms with Crippen molar-refractivity contribution in [2.24, 2.45) is 0 Å². The summed E-state index contributed by atoms with van der Waals surface area (Å²) in [6.07, 6.45) is 0.420. The fraction of sp³-hybridized carbons (Fsp3) is 0.364. The molecule has 0 spiro atoms. The van der Waals surface area contributed by atoms with E-state index in [1.54, 1.807) is 24.3 Å². The molecule has 2 rings (SSSR count). The number of anilines is 4. The van der Waals surface area contributed by atoms with Crippen molar-refractivity contribution in [2.75, 3.05) is 66.3 Å². The number of alkyl halides is 2. The van der Waals surface area contributed by atoms with Gasteiger partial charge < -0.3 is 25.8 Å². The van der Waals surface area contributed by atoms with Crippen molar-refractivity contribution in [1.29, 1.82) is 0 Å². The third-order valence-electron chi connectivity index (χ3n) is 4.41. The monoisotopic (exact) mass is 465 g/mol. The summed E-state index contributed by atoms with van der Waals surface area (Å²) in [5.41, 5.74) is 2.97. The van der Waals surface area contributed by atoms with E-state index in [-0.39, 0.29) is 11.9 Å². The minimum atomic E-state index is -0.353. The second-order valence-corrected chi connectivity index (χ2v) is 7.93. The smallest absolute Gasteiger partial charge is 0.323 e. The number of nitrogens with one attached hydrogen (secondary N) is 3. The van der Waals surface area contributed by atoms with Gasteiger partial charge in [-0.05, 0) is 62.6 Å². The summed E-state index contributed by atoms with van der Waals surface area (Å²) in [5.74, 6) is 0.974. The Morgan fingerprint density at radius 2 is 1.19 bits per heavy atom. The molecule has 168 valence electrons. The summed E-state index contributed by atoms with van der Waals surface area (Å²) in [6.45, 7) is 2.09. The van der Waals surface area contributed by atoms with E-state index in [4.69, 9.17) is 23.2 Å². The third-order valence-corrected chi connectivity index (χ3v) is 4.75. The number of amides is 3. The summed E-state index contributed by atoms with van der Waals surface area (Å²) in [7, 11) is 3.84. The first kappa shape index (κ1) is 24.8. The fourth-order valence-corrected chi connectivity index (χ4v) is 3.22. The molecule has 0 saturated carbocycles. The number of nitrogens with zero attached hydrogens (tertiary/aromatic N) is 2. The number of halogens is 2. The van der Waals surface area contributed by atoms with Crippen LogP contribution in [0, 0.1) is 0 Å². The Labute approximate surface area is 193 Å². The first-order valence-electron chi connectivity index (χ1n) is 10.0. The van der Waals surface area contributed by atoms with Gasteiger partial charge in [-0.1, -0.05) is 0 Å². The highest BCUT2D eigenvalue weighted by molar-refractivity contribution is 6.18. The number of carbonyl (C=O) groups is 2. The number of hydrogen-bond donors (Lipinski definition) is 3. The highest BCUT2D eigenvalue weighted by Gasteiger charge is 2.08. The topological polar surface area (TPSA) is 76.7 Å². The molecule has 0 radical (unpaired) electrons. The lowest BCUT2D eigenvalue weighted by Gasteiger charge is -2.23. The van der Waals surface area contributed by atoms with Gasteiger partial charge in [0.15, 0.2) is 0 Å². The SMILES string of the molecule is CN(C)CCC(=O)Nc1ccc(NC(=O)Nc2ccc(N(CCCl)CCCl)cc2)cc1. The quantitative estimate of drug-likeness (QED) is 0.426. The zero-order chi connectivity index (χ0) is 22.6. The first-order chi connectivity index (χ1) is 14.9. The minimum absolute atomic E-state index is 0.0498. The van der Waals surface area contributed by atoms with E-state index in [0.717, 1.165) is 5.69 Å². The first-order valence-corrected chi connectivity index (χ1v) is 11.1. The number of urea groups is 1. The summed E-state index contributed by atoms with van der Waals surface area (Å²) in [5, 5.41) is 8.41. The summed E-state index contributed by atoms with van der Waals surface area (Å²) >= 11 is 11.7. The van der Waals surface area contributed by atoms with Crippen LogP contribution >= 0.6 is 23.2 Å². The predicted octanol–water partition coefficient (Wildman–Crippen LogP) is 4.50. The maximum Gasteiger partial charge on any atom is 0.323 e. The molecule has 0 heterocycles. The van der Waals surface area contributed by atoms with E-state index in [0.29, 0.717) is 54.9 Å². The van der Waals surface area contributed by atoms with Gasteiger partial charge >= 0.3 is 6.03 Å². The predicted molar refractivity (Wildman–Crippen MR) is 131 cm³/mol. The zero-order valence-electron chi connectivity index (χ0n) is 17.8. The van der Waals surface area contributed by atoms with E-state index in [2.05, 4.69) is 20.9 Å². The van der Waals surface area contributed by atoms with E-state index < -0.39 is 0 Å². The standard InChI is InChI=1S/C22H29Cl2N5O2/c1-28(2)14-11-21(30)25-17-3-5-18(6-4-17)26-22(31)27-19-7-9-20(10-8-19)29(15-12-23)16-13-24/h3-10H,11-16H2,1-2H3,(H,25,30)(H2,26,27,31). The van der Waals surface area contributed by atoms with Gasteiger partial charge in [-0.3, -0.25) is 4.79 Å². The van der Waals surface area contributed by atoms with E-state index in [1.165, 1.54) is 0 Å². The van der Waals surface area contributed by atoms with Crippen molar-refractivity contribution in [3.05, 3.63) is 48.5 Å². The van der Waals surface area contributed by atoms with Crippen LogP contribution in [0.2, 0.25) is 0 Å². The average Bonchev–Trinajstić information content (AvgIpc) is 2.74. The molecule has 0 fully saturated rings. The van der Waals surface area contributed by atoms with Crippen LogP contribution in [0.3, 0.4) is 0 Å². The van der Waals surface area contributed by atoms with Crippen LogP contribution in [0.5, 0.6) is 0 Å². The maximum absolute atomic E-state index is 12.3. The van der Waals surface area contributed by atoms with Gasteiger partial charge in [-0.2, -0.15) is 0 Å². The highest BCUT2D eigenvalue weighted by atomic mass is 35.5. The molecule has 0 saturated heterocycles. The molecular weight excluding hydrogens is 437 g/mol. The molecule has 0 atom stereocenters. The number of rotatable bonds is 11. The Kier molecular flexibility index (Phi) is 10.4. The largest absolute Gasteiger partial charge is 0.369 e. The molecule has 31 heavy (non-hydrogen) atoms. The minimum Gasteiger partial charge on any atom is -0.369 e. The summed E-state index contributed by atoms with van der Waals surface area (Å²) in [6, 6.07) is 14.1. The molecule has 0 unspecified atom stereocenters. The van der Waals surface area contributed by atoms with Crippen LogP contribution in [0.4, 0.5) is 27.5 Å². The second-order valence-electron chi connectivity index (χ2n) is 7.17. The zero-order valence-corrected chi connectivity index (χ0v) is 19.3. The van der Waals surface area contributed by atoms with Crippen molar-refractivity contribution in [2.45, 2.75) is 6.42 Å². The lowest BCUT2D eigenvalue weighted by Crippen LogP contribution is -2.27. The Balaban J connectivity index is 1.86. The van der Waals surface area contributed by atoms with Crippen molar-refractivity contribution in [3.63, 3.8) is 0 Å². The molecule has 0 aliphatic rings. The molecular formula is C22H29Cl2N5O2. The van der Waals surface area contributed by atoms with Crippen LogP contribution < -0.4 is 20.9 Å². The number of carbonyl (C=O) groups excluding carboxylic acids is 2. The normalized spacial score (nSPS) is 10.6. The molecule has 9 heteroatoms. The molecule has 3 amide bonds. The van der Waals surface area contributed by atoms with E-state index in [1.807, 2.05) is 43.3 Å². The van der Waals surface area contributed by atoms with Gasteiger partial charge in [-0.25, -0.2) is 4.79 Å². The Morgan fingerprint density at radius 1 is 0.742 bits per heavy atom. The third kappa shape index (κ3) is 9.04. The van der Waals surface area contributed by atoms with E-state index in [9.17, 15) is 9.59 Å². The second kappa shape index (κ2) is 13.0. The lowest BCUT2D eigenvalue weighted by molar-refractivity contribution is -0.116. The van der Waals surface area contributed by atoms with Crippen LogP contribution in [0.1, 0.15) is 6.42 Å². The summed E-state index contributed by atoms with van der Waals surface area (Å²) < 4.78 is 0. The van der Waals surface area contributed by atoms with E-state index >= 15 is 0 Å². The van der Waals surface area contributed by atoms with Crippen molar-refractivity contribution in [3.8, 4) is 0 Å². The fourth-order valence-electron chi connectivity index (χ4n) is 2.81. The van der Waals surface area contributed by atoms with Gasteiger partial charge in [0.1, 0.15) is 0 Å². The molecule has 7 nitrogen and oxygen atoms in total. The molecule has 0 aromatic heterocycles. The van der Waals surface area contributed by atoms with Gasteiger partial charge in [0.05, 0.1) is 0 Å². The molecule has 0 bridgehead atoms. The molecule has 2 aromatic rings. The van der Waals surface area contributed by atoms with Crippen molar-refractivity contribution < 1.29 is 9.59 Å². The Hall–Kier alpha value is -2.48. The number of benzene rings is 2. The molecule has 0 aliphatic carbocycles. The number of hydrogen-bond acceptors (Lipinski definition) is 4. The maximum atomic E-state index is 12.3. The molecule has 3 N–H and O–H groups in total. The Bertz CT molecular complexity index is 823.